The molecule has 11 nitrogen and oxygen atoms in total. The molecule has 220 valence electrons. The fourth-order valence-corrected chi connectivity index (χ4v) is 5.79. The zero-order valence-corrected chi connectivity index (χ0v) is 24.0. The number of guanidine groups is 1. The summed E-state index contributed by atoms with van der Waals surface area (Å²) < 4.78 is 5.37. The van der Waals surface area contributed by atoms with Crippen LogP contribution in [-0.2, 0) is 9.59 Å². The summed E-state index contributed by atoms with van der Waals surface area (Å²) in [6.07, 6.45) is 3.98. The van der Waals surface area contributed by atoms with Gasteiger partial charge in [0, 0.05) is 29.6 Å². The van der Waals surface area contributed by atoms with Gasteiger partial charge >= 0.3 is 11.9 Å². The monoisotopic (exact) mass is 572 g/mol. The largest absolute Gasteiger partial charge is 0.497 e. The van der Waals surface area contributed by atoms with Crippen molar-refractivity contribution in [2.45, 2.75) is 38.5 Å². The standard InChI is InChI=1S/C31H36N6O5/c1-19-26(29(38)39)28(27(30(40)41)20(2)35-19)23-7-4-8-24(16-23)36-31(34-18-32)33-12-15-37-13-10-21(11-14-37)22-6-5-9-25(17-22)42-3/h4-9,16-17,21,26,28H,10-15H2,1-3H3,(H,38,39)(H,40,41)(H2,33,34,36). The van der Waals surface area contributed by atoms with Crippen LogP contribution in [0.2, 0.25) is 0 Å². The number of carbonyl (C=O) groups is 2. The van der Waals surface area contributed by atoms with E-state index in [0.29, 0.717) is 29.4 Å². The zero-order chi connectivity index (χ0) is 30.2. The Morgan fingerprint density at radius 2 is 1.83 bits per heavy atom. The van der Waals surface area contributed by atoms with E-state index >= 15 is 0 Å². The summed E-state index contributed by atoms with van der Waals surface area (Å²) in [4.78, 5) is 35.4. The quantitative estimate of drug-likeness (QED) is 0.151. The molecular formula is C31H36N6O5. The van der Waals surface area contributed by atoms with Crippen LogP contribution in [0.5, 0.6) is 5.75 Å². The lowest BCUT2D eigenvalue weighted by atomic mass is 9.75. The van der Waals surface area contributed by atoms with E-state index in [1.165, 1.54) is 5.56 Å². The average molecular weight is 573 g/mol. The number of ether oxygens (including phenoxy) is 1. The number of aliphatic imine (C=N–C) groups is 2. The number of aliphatic carboxylic acids is 2. The second-order valence-electron chi connectivity index (χ2n) is 10.5. The summed E-state index contributed by atoms with van der Waals surface area (Å²) in [5, 5.41) is 34.8. The summed E-state index contributed by atoms with van der Waals surface area (Å²) in [5.41, 5.74) is 2.92. The molecule has 2 aliphatic rings. The average Bonchev–Trinajstić information content (AvgIpc) is 2.97. The summed E-state index contributed by atoms with van der Waals surface area (Å²) in [7, 11) is 1.68. The van der Waals surface area contributed by atoms with Gasteiger partial charge in [-0.15, -0.1) is 0 Å². The van der Waals surface area contributed by atoms with E-state index < -0.39 is 23.8 Å². The van der Waals surface area contributed by atoms with Crippen molar-refractivity contribution in [2.75, 3.05) is 38.6 Å². The molecule has 42 heavy (non-hydrogen) atoms. The molecule has 0 aromatic heterocycles. The number of hydrogen-bond acceptors (Lipinski definition) is 7. The first-order valence-electron chi connectivity index (χ1n) is 13.9. The lowest BCUT2D eigenvalue weighted by Crippen LogP contribution is -2.35. The molecule has 2 atom stereocenters. The van der Waals surface area contributed by atoms with E-state index in [1.54, 1.807) is 45.2 Å². The predicted molar refractivity (Wildman–Crippen MR) is 160 cm³/mol. The number of nitrogens with zero attached hydrogens (tertiary/aromatic N) is 4. The first-order valence-corrected chi connectivity index (χ1v) is 13.9. The third kappa shape index (κ3) is 7.14. The normalized spacial score (nSPS) is 20.0. The number of benzene rings is 2. The van der Waals surface area contributed by atoms with Gasteiger partial charge in [0.15, 0.2) is 6.19 Å². The van der Waals surface area contributed by atoms with Crippen molar-refractivity contribution in [1.29, 1.82) is 5.26 Å². The maximum absolute atomic E-state index is 12.1. The molecule has 2 aromatic rings. The van der Waals surface area contributed by atoms with E-state index in [1.807, 2.05) is 18.3 Å². The van der Waals surface area contributed by atoms with Crippen molar-refractivity contribution in [3.8, 4) is 11.9 Å². The number of likely N-dealkylation sites (tertiary alicyclic amines) is 1. The van der Waals surface area contributed by atoms with E-state index in [-0.39, 0.29) is 17.2 Å². The molecule has 0 bridgehead atoms. The van der Waals surface area contributed by atoms with Crippen LogP contribution in [0, 0.1) is 17.4 Å². The van der Waals surface area contributed by atoms with Crippen LogP contribution in [0.4, 0.5) is 5.69 Å². The summed E-state index contributed by atoms with van der Waals surface area (Å²) >= 11 is 0. The van der Waals surface area contributed by atoms with Crippen LogP contribution in [0.25, 0.3) is 0 Å². The van der Waals surface area contributed by atoms with Crippen molar-refractivity contribution in [1.82, 2.24) is 10.2 Å². The molecule has 4 rings (SSSR count). The van der Waals surface area contributed by atoms with Crippen LogP contribution in [0.15, 0.2) is 69.8 Å². The third-order valence-corrected chi connectivity index (χ3v) is 7.85. The Morgan fingerprint density at radius 1 is 1.12 bits per heavy atom. The van der Waals surface area contributed by atoms with Gasteiger partial charge in [-0.2, -0.15) is 5.26 Å². The van der Waals surface area contributed by atoms with Crippen molar-refractivity contribution in [2.24, 2.45) is 15.9 Å². The van der Waals surface area contributed by atoms with Gasteiger partial charge < -0.3 is 25.2 Å². The maximum Gasteiger partial charge on any atom is 0.334 e. The summed E-state index contributed by atoms with van der Waals surface area (Å²) in [6.45, 7) is 6.26. The van der Waals surface area contributed by atoms with Crippen molar-refractivity contribution in [3.05, 3.63) is 70.9 Å². The maximum atomic E-state index is 12.1. The molecular weight excluding hydrogens is 536 g/mol. The molecule has 11 heteroatoms. The van der Waals surface area contributed by atoms with E-state index in [2.05, 4.69) is 37.7 Å². The van der Waals surface area contributed by atoms with Gasteiger partial charge in [0.05, 0.1) is 19.2 Å². The number of piperidine rings is 1. The van der Waals surface area contributed by atoms with Crippen molar-refractivity contribution in [3.63, 3.8) is 0 Å². The molecule has 1 fully saturated rings. The second kappa shape index (κ2) is 13.8. The Hall–Kier alpha value is -4.69. The summed E-state index contributed by atoms with van der Waals surface area (Å²) in [5.74, 6) is -2.78. The highest BCUT2D eigenvalue weighted by Crippen LogP contribution is 2.39. The number of rotatable bonds is 9. The Kier molecular flexibility index (Phi) is 9.93. The molecule has 1 saturated heterocycles. The van der Waals surface area contributed by atoms with Gasteiger partial charge in [-0.1, -0.05) is 24.3 Å². The Morgan fingerprint density at radius 3 is 2.50 bits per heavy atom. The molecule has 0 radical (unpaired) electrons. The van der Waals surface area contributed by atoms with E-state index in [4.69, 9.17) is 4.74 Å². The molecule has 2 unspecified atom stereocenters. The zero-order valence-electron chi connectivity index (χ0n) is 24.0. The fraction of sp³-hybridized carbons (Fsp3) is 0.387. The van der Waals surface area contributed by atoms with Gasteiger partial charge in [-0.3, -0.25) is 20.1 Å². The first kappa shape index (κ1) is 30.3. The van der Waals surface area contributed by atoms with Gasteiger partial charge in [0.1, 0.15) is 11.7 Å². The number of carboxylic acid groups (broad SMARTS) is 2. The van der Waals surface area contributed by atoms with Crippen molar-refractivity contribution >= 4 is 29.3 Å². The highest BCUT2D eigenvalue weighted by molar-refractivity contribution is 6.06. The van der Waals surface area contributed by atoms with Crippen LogP contribution < -0.4 is 15.4 Å². The Labute approximate surface area is 245 Å². The number of hydrogen-bond donors (Lipinski definition) is 4. The Bertz CT molecular complexity index is 1450. The van der Waals surface area contributed by atoms with Gasteiger partial charge in [0.2, 0.25) is 5.96 Å². The SMILES string of the molecule is COc1cccc(C2CCN(CCN=C(NC#N)Nc3cccc(C4C(C(=O)O)=C(C)N=C(C)C4C(=O)O)c3)CC2)c1. The molecule has 0 spiro atoms. The number of methoxy groups -OCH3 is 1. The van der Waals surface area contributed by atoms with Crippen LogP contribution in [0.3, 0.4) is 0 Å². The predicted octanol–water partition coefficient (Wildman–Crippen LogP) is 4.03. The molecule has 0 aliphatic carbocycles. The third-order valence-electron chi connectivity index (χ3n) is 7.85. The number of allylic oxidation sites excluding steroid dienone is 1. The molecule has 2 aromatic carbocycles. The number of carboxylic acids is 2. The topological polar surface area (TPSA) is 160 Å². The number of anilines is 1. The molecule has 2 heterocycles. The van der Waals surface area contributed by atoms with E-state index in [0.717, 1.165) is 38.2 Å². The smallest absolute Gasteiger partial charge is 0.334 e. The first-order chi connectivity index (χ1) is 20.2. The second-order valence-corrected chi connectivity index (χ2v) is 10.5. The van der Waals surface area contributed by atoms with Gasteiger partial charge in [-0.05, 0) is 81.1 Å². The number of nitrogens with one attached hydrogen (secondary N) is 2. The lowest BCUT2D eigenvalue weighted by molar-refractivity contribution is -0.140. The molecule has 4 N–H and O–H groups in total. The minimum Gasteiger partial charge on any atom is -0.497 e. The highest BCUT2D eigenvalue weighted by atomic mass is 16.5. The Balaban J connectivity index is 1.42. The molecule has 0 amide bonds. The van der Waals surface area contributed by atoms with Gasteiger partial charge in [-0.25, -0.2) is 4.79 Å². The minimum atomic E-state index is -1.21. The van der Waals surface area contributed by atoms with Crippen LogP contribution in [0.1, 0.15) is 49.7 Å². The highest BCUT2D eigenvalue weighted by Gasteiger charge is 2.41. The molecule has 2 aliphatic heterocycles. The number of nitriles is 1. The van der Waals surface area contributed by atoms with Crippen LogP contribution in [-0.4, -0.2) is 72.0 Å². The molecule has 0 saturated carbocycles. The van der Waals surface area contributed by atoms with Crippen LogP contribution >= 0.6 is 0 Å². The lowest BCUT2D eigenvalue weighted by Gasteiger charge is -2.32. The minimum absolute atomic E-state index is 0.0515. The fourth-order valence-electron chi connectivity index (χ4n) is 5.79. The van der Waals surface area contributed by atoms with E-state index in [9.17, 15) is 25.1 Å². The van der Waals surface area contributed by atoms with Gasteiger partial charge in [0.25, 0.3) is 0 Å². The summed E-state index contributed by atoms with van der Waals surface area (Å²) in [6, 6.07) is 15.1. The van der Waals surface area contributed by atoms with Crippen molar-refractivity contribution < 1.29 is 24.5 Å².